The second kappa shape index (κ2) is 3.68. The molecule has 0 unspecified atom stereocenters. The third-order valence-electron chi connectivity index (χ3n) is 1.42. The fraction of sp³-hybridized carbons (Fsp3) is 0.857. The van der Waals surface area contributed by atoms with Gasteiger partial charge in [0.1, 0.15) is 6.10 Å². The monoisotopic (exact) mass is 146 g/mol. The standard InChI is InChI=1S/C7H14O3/c1-4(2)6(9)7(10)5(3)8/h4,6-7,9-10H,1-3H3/t6-,7+/m0/s1. The van der Waals surface area contributed by atoms with E-state index in [4.69, 9.17) is 10.2 Å². The summed E-state index contributed by atoms with van der Waals surface area (Å²) in [5, 5.41) is 18.1. The molecule has 0 spiro atoms. The fourth-order valence-corrected chi connectivity index (χ4v) is 0.605. The van der Waals surface area contributed by atoms with Crippen molar-refractivity contribution in [3.05, 3.63) is 0 Å². The molecule has 0 fully saturated rings. The van der Waals surface area contributed by atoms with Crippen molar-refractivity contribution in [1.82, 2.24) is 0 Å². The van der Waals surface area contributed by atoms with Gasteiger partial charge >= 0.3 is 0 Å². The summed E-state index contributed by atoms with van der Waals surface area (Å²) in [4.78, 5) is 10.5. The molecule has 0 rings (SSSR count). The van der Waals surface area contributed by atoms with Crippen molar-refractivity contribution in [3.8, 4) is 0 Å². The van der Waals surface area contributed by atoms with E-state index in [9.17, 15) is 4.79 Å². The average Bonchev–Trinajstić information content (AvgIpc) is 1.84. The number of rotatable bonds is 3. The lowest BCUT2D eigenvalue weighted by Crippen LogP contribution is -2.35. The molecule has 3 nitrogen and oxygen atoms in total. The van der Waals surface area contributed by atoms with E-state index in [0.717, 1.165) is 0 Å². The summed E-state index contributed by atoms with van der Waals surface area (Å²) in [6, 6.07) is 0. The Morgan fingerprint density at radius 3 is 1.80 bits per heavy atom. The average molecular weight is 146 g/mol. The van der Waals surface area contributed by atoms with Crippen molar-refractivity contribution in [2.75, 3.05) is 0 Å². The number of hydrogen-bond acceptors (Lipinski definition) is 3. The van der Waals surface area contributed by atoms with Crippen LogP contribution >= 0.6 is 0 Å². The van der Waals surface area contributed by atoms with Crippen LogP contribution in [0, 0.1) is 5.92 Å². The number of ketones is 1. The van der Waals surface area contributed by atoms with Crippen molar-refractivity contribution in [3.63, 3.8) is 0 Å². The number of carbonyl (C=O) groups is 1. The van der Waals surface area contributed by atoms with Gasteiger partial charge in [0.2, 0.25) is 0 Å². The molecular formula is C7H14O3. The van der Waals surface area contributed by atoms with Gasteiger partial charge in [-0.3, -0.25) is 4.79 Å². The molecule has 0 aliphatic carbocycles. The summed E-state index contributed by atoms with van der Waals surface area (Å²) in [6.07, 6.45) is -2.16. The van der Waals surface area contributed by atoms with Gasteiger partial charge in [-0.1, -0.05) is 13.8 Å². The van der Waals surface area contributed by atoms with Crippen LogP contribution < -0.4 is 0 Å². The van der Waals surface area contributed by atoms with Crippen molar-refractivity contribution in [2.45, 2.75) is 33.0 Å². The van der Waals surface area contributed by atoms with Crippen LogP contribution in [0.15, 0.2) is 0 Å². The molecule has 0 bridgehead atoms. The van der Waals surface area contributed by atoms with E-state index < -0.39 is 12.2 Å². The normalized spacial score (nSPS) is 17.0. The molecular weight excluding hydrogens is 132 g/mol. The van der Waals surface area contributed by atoms with Crippen LogP contribution in [0.5, 0.6) is 0 Å². The quantitative estimate of drug-likeness (QED) is 0.587. The molecule has 0 heterocycles. The molecule has 2 N–H and O–H groups in total. The minimum absolute atomic E-state index is 0.0844. The van der Waals surface area contributed by atoms with Gasteiger partial charge in [0.05, 0.1) is 6.10 Å². The Morgan fingerprint density at radius 2 is 1.70 bits per heavy atom. The zero-order chi connectivity index (χ0) is 8.31. The first-order valence-corrected chi connectivity index (χ1v) is 3.33. The Bertz CT molecular complexity index is 120. The van der Waals surface area contributed by atoms with E-state index >= 15 is 0 Å². The van der Waals surface area contributed by atoms with E-state index in [2.05, 4.69) is 0 Å². The van der Waals surface area contributed by atoms with Crippen molar-refractivity contribution < 1.29 is 15.0 Å². The highest BCUT2D eigenvalue weighted by molar-refractivity contribution is 5.80. The maximum atomic E-state index is 10.5. The highest BCUT2D eigenvalue weighted by atomic mass is 16.3. The molecule has 0 aromatic carbocycles. The summed E-state index contributed by atoms with van der Waals surface area (Å²) in [6.45, 7) is 4.75. The van der Waals surface area contributed by atoms with Crippen LogP contribution in [0.2, 0.25) is 0 Å². The summed E-state index contributed by atoms with van der Waals surface area (Å²) < 4.78 is 0. The van der Waals surface area contributed by atoms with Crippen LogP contribution in [-0.4, -0.2) is 28.2 Å². The number of hydrogen-bond donors (Lipinski definition) is 2. The van der Waals surface area contributed by atoms with Gasteiger partial charge in [-0.2, -0.15) is 0 Å². The maximum Gasteiger partial charge on any atom is 0.160 e. The Hall–Kier alpha value is -0.410. The minimum atomic E-state index is -1.22. The number of Topliss-reactive ketones (excluding diaryl/α,β-unsaturated/α-hetero) is 1. The van der Waals surface area contributed by atoms with Gasteiger partial charge in [0, 0.05) is 0 Å². The zero-order valence-electron chi connectivity index (χ0n) is 6.53. The third-order valence-corrected chi connectivity index (χ3v) is 1.42. The molecule has 0 aliphatic rings. The first kappa shape index (κ1) is 9.59. The van der Waals surface area contributed by atoms with Gasteiger partial charge in [-0.05, 0) is 12.8 Å². The zero-order valence-corrected chi connectivity index (χ0v) is 6.53. The van der Waals surface area contributed by atoms with Gasteiger partial charge in [-0.25, -0.2) is 0 Å². The lowest BCUT2D eigenvalue weighted by atomic mass is 10.00. The third kappa shape index (κ3) is 2.45. The molecule has 0 saturated carbocycles. The van der Waals surface area contributed by atoms with Gasteiger partial charge in [0.15, 0.2) is 5.78 Å². The van der Waals surface area contributed by atoms with Crippen molar-refractivity contribution in [1.29, 1.82) is 0 Å². The van der Waals surface area contributed by atoms with Crippen LogP contribution in [-0.2, 0) is 4.79 Å². The number of aliphatic hydroxyl groups is 2. The van der Waals surface area contributed by atoms with Crippen LogP contribution in [0.1, 0.15) is 20.8 Å². The molecule has 60 valence electrons. The molecule has 10 heavy (non-hydrogen) atoms. The maximum absolute atomic E-state index is 10.5. The summed E-state index contributed by atoms with van der Waals surface area (Å²) in [7, 11) is 0. The molecule has 0 radical (unpaired) electrons. The lowest BCUT2D eigenvalue weighted by molar-refractivity contribution is -0.132. The minimum Gasteiger partial charge on any atom is -0.390 e. The first-order chi connectivity index (χ1) is 4.46. The fourth-order valence-electron chi connectivity index (χ4n) is 0.605. The predicted octanol–water partition coefficient (Wildman–Crippen LogP) is -0.0468. The van der Waals surface area contributed by atoms with Gasteiger partial charge < -0.3 is 10.2 Å². The van der Waals surface area contributed by atoms with Crippen LogP contribution in [0.25, 0.3) is 0 Å². The molecule has 0 amide bonds. The molecule has 2 atom stereocenters. The van der Waals surface area contributed by atoms with Gasteiger partial charge in [0.25, 0.3) is 0 Å². The molecule has 0 saturated heterocycles. The molecule has 3 heteroatoms. The first-order valence-electron chi connectivity index (χ1n) is 3.33. The van der Waals surface area contributed by atoms with E-state index in [1.165, 1.54) is 6.92 Å². The highest BCUT2D eigenvalue weighted by Crippen LogP contribution is 2.06. The van der Waals surface area contributed by atoms with Crippen molar-refractivity contribution in [2.24, 2.45) is 5.92 Å². The van der Waals surface area contributed by atoms with Crippen LogP contribution in [0.3, 0.4) is 0 Å². The second-order valence-electron chi connectivity index (χ2n) is 2.79. The number of aliphatic hydroxyl groups excluding tert-OH is 2. The van der Waals surface area contributed by atoms with Gasteiger partial charge in [-0.15, -0.1) is 0 Å². The Morgan fingerprint density at radius 1 is 1.30 bits per heavy atom. The molecule has 0 aromatic rings. The van der Waals surface area contributed by atoms with Crippen molar-refractivity contribution >= 4 is 5.78 Å². The Labute approximate surface area is 60.7 Å². The van der Waals surface area contributed by atoms with E-state index in [1.54, 1.807) is 13.8 Å². The molecule has 0 aromatic heterocycles. The predicted molar refractivity (Wildman–Crippen MR) is 37.5 cm³/mol. The van der Waals surface area contributed by atoms with Crippen LogP contribution in [0.4, 0.5) is 0 Å². The highest BCUT2D eigenvalue weighted by Gasteiger charge is 2.22. The van der Waals surface area contributed by atoms with E-state index in [0.29, 0.717) is 0 Å². The van der Waals surface area contributed by atoms with E-state index in [-0.39, 0.29) is 11.7 Å². The summed E-state index contributed by atoms with van der Waals surface area (Å²) >= 11 is 0. The Kier molecular flexibility index (Phi) is 3.53. The summed E-state index contributed by atoms with van der Waals surface area (Å²) in [5.74, 6) is -0.472. The topological polar surface area (TPSA) is 57.5 Å². The second-order valence-corrected chi connectivity index (χ2v) is 2.79. The SMILES string of the molecule is CC(=O)[C@@H](O)[C@@H](O)C(C)C. The smallest absolute Gasteiger partial charge is 0.160 e. The number of carbonyl (C=O) groups excluding carboxylic acids is 1. The molecule has 0 aliphatic heterocycles. The Balaban J connectivity index is 3.94. The lowest BCUT2D eigenvalue weighted by Gasteiger charge is -2.17. The van der Waals surface area contributed by atoms with E-state index in [1.807, 2.05) is 0 Å². The summed E-state index contributed by atoms with van der Waals surface area (Å²) in [5.41, 5.74) is 0. The largest absolute Gasteiger partial charge is 0.390 e.